The van der Waals surface area contributed by atoms with Crippen LogP contribution in [0.5, 0.6) is 0 Å². The van der Waals surface area contributed by atoms with Crippen LogP contribution in [-0.4, -0.2) is 29.1 Å². The lowest BCUT2D eigenvalue weighted by atomic mass is 10.0. The molecule has 21 heavy (non-hydrogen) atoms. The first-order valence-electron chi connectivity index (χ1n) is 6.82. The number of aliphatic hydroxyl groups is 1. The largest absolute Gasteiger partial charge is 0.383 e. The number of rotatable bonds is 7. The first-order valence-corrected chi connectivity index (χ1v) is 6.82. The lowest BCUT2D eigenvalue weighted by Crippen LogP contribution is -2.49. The molecule has 0 heterocycles. The summed E-state index contributed by atoms with van der Waals surface area (Å²) < 4.78 is 13.6. The molecule has 0 aliphatic rings. The van der Waals surface area contributed by atoms with Crippen molar-refractivity contribution >= 4 is 11.8 Å². The topological polar surface area (TPSA) is 92.4 Å². The number of halogens is 1. The molecule has 2 atom stereocenters. The number of nitrogens with two attached hydrogens (primary N) is 1. The fraction of sp³-hybridized carbons (Fsp3) is 0.467. The Morgan fingerprint density at radius 3 is 2.48 bits per heavy atom. The van der Waals surface area contributed by atoms with Crippen LogP contribution in [0, 0.1) is 11.7 Å². The van der Waals surface area contributed by atoms with Gasteiger partial charge in [0.25, 0.3) is 0 Å². The number of hydrogen-bond acceptors (Lipinski definition) is 3. The van der Waals surface area contributed by atoms with Gasteiger partial charge >= 0.3 is 0 Å². The van der Waals surface area contributed by atoms with Gasteiger partial charge in [-0.1, -0.05) is 32.0 Å². The van der Waals surface area contributed by atoms with E-state index in [1.807, 2.05) is 13.8 Å². The second-order valence-electron chi connectivity index (χ2n) is 5.40. The Kier molecular flexibility index (Phi) is 6.30. The number of primary amides is 1. The molecule has 0 aliphatic heterocycles. The molecule has 0 spiro atoms. The van der Waals surface area contributed by atoms with Crippen LogP contribution in [0.25, 0.3) is 0 Å². The fourth-order valence-corrected chi connectivity index (χ4v) is 1.93. The van der Waals surface area contributed by atoms with E-state index in [1.54, 1.807) is 6.07 Å². The maximum Gasteiger partial charge on any atom is 0.249 e. The van der Waals surface area contributed by atoms with Gasteiger partial charge in [-0.2, -0.15) is 0 Å². The van der Waals surface area contributed by atoms with E-state index in [1.165, 1.54) is 18.2 Å². The molecule has 4 N–H and O–H groups in total. The van der Waals surface area contributed by atoms with E-state index in [0.717, 1.165) is 0 Å². The summed E-state index contributed by atoms with van der Waals surface area (Å²) in [5.41, 5.74) is 5.50. The quantitative estimate of drug-likeness (QED) is 0.693. The van der Waals surface area contributed by atoms with Gasteiger partial charge in [0, 0.05) is 6.42 Å². The first kappa shape index (κ1) is 17.1. The van der Waals surface area contributed by atoms with Gasteiger partial charge in [-0.3, -0.25) is 9.59 Å². The molecule has 0 saturated carbocycles. The van der Waals surface area contributed by atoms with E-state index in [-0.39, 0.29) is 24.3 Å². The minimum Gasteiger partial charge on any atom is -0.383 e. The summed E-state index contributed by atoms with van der Waals surface area (Å²) >= 11 is 0. The van der Waals surface area contributed by atoms with Crippen molar-refractivity contribution in [3.8, 4) is 0 Å². The van der Waals surface area contributed by atoms with Crippen LogP contribution in [0.1, 0.15) is 25.8 Å². The van der Waals surface area contributed by atoms with Crippen molar-refractivity contribution in [2.75, 3.05) is 0 Å². The van der Waals surface area contributed by atoms with Crippen LogP contribution in [0.3, 0.4) is 0 Å². The average Bonchev–Trinajstić information content (AvgIpc) is 2.39. The molecule has 0 aromatic heterocycles. The van der Waals surface area contributed by atoms with E-state index in [2.05, 4.69) is 5.32 Å². The van der Waals surface area contributed by atoms with Gasteiger partial charge in [0.2, 0.25) is 11.8 Å². The Bertz CT molecular complexity index is 505. The Morgan fingerprint density at radius 2 is 1.95 bits per heavy atom. The van der Waals surface area contributed by atoms with Crippen molar-refractivity contribution in [2.45, 2.75) is 38.8 Å². The number of carbonyl (C=O) groups is 2. The molecule has 1 aromatic carbocycles. The summed E-state index contributed by atoms with van der Waals surface area (Å²) in [6, 6.07) is 4.89. The van der Waals surface area contributed by atoms with Gasteiger partial charge in [0.15, 0.2) is 0 Å². The second-order valence-corrected chi connectivity index (χ2v) is 5.40. The van der Waals surface area contributed by atoms with Gasteiger partial charge < -0.3 is 16.2 Å². The summed E-state index contributed by atoms with van der Waals surface area (Å²) in [6.45, 7) is 3.73. The van der Waals surface area contributed by atoms with Gasteiger partial charge in [-0.05, 0) is 24.0 Å². The number of carbonyl (C=O) groups excluding carboxylic acids is 2. The molecular formula is C15H21FN2O3. The summed E-state index contributed by atoms with van der Waals surface area (Å²) in [4.78, 5) is 23.2. The minimum atomic E-state index is -1.22. The zero-order valence-corrected chi connectivity index (χ0v) is 12.2. The molecule has 0 saturated heterocycles. The Balaban J connectivity index is 2.73. The standard InChI is InChI=1S/C15H21FN2O3/c1-9(2)7-13(19)15(21)18-12(14(17)20)8-10-5-3-4-6-11(10)16/h3-6,9,12-13,19H,7-8H2,1-2H3,(H2,17,20)(H,18,21)/t12-,13+/m0/s1. The van der Waals surface area contributed by atoms with Crippen LogP contribution in [0.15, 0.2) is 24.3 Å². The third-order valence-corrected chi connectivity index (χ3v) is 3.04. The molecule has 0 radical (unpaired) electrons. The van der Waals surface area contributed by atoms with Crippen LogP contribution >= 0.6 is 0 Å². The van der Waals surface area contributed by atoms with Crippen molar-refractivity contribution in [3.05, 3.63) is 35.6 Å². The number of benzene rings is 1. The fourth-order valence-electron chi connectivity index (χ4n) is 1.93. The molecule has 5 nitrogen and oxygen atoms in total. The Hall–Kier alpha value is -1.95. The maximum absolute atomic E-state index is 13.6. The number of amides is 2. The predicted molar refractivity (Wildman–Crippen MR) is 76.7 cm³/mol. The third kappa shape index (κ3) is 5.51. The van der Waals surface area contributed by atoms with Gasteiger partial charge in [0.05, 0.1) is 0 Å². The normalized spacial score (nSPS) is 13.8. The third-order valence-electron chi connectivity index (χ3n) is 3.04. The molecule has 2 amide bonds. The van der Waals surface area contributed by atoms with Crippen molar-refractivity contribution in [1.29, 1.82) is 0 Å². The van der Waals surface area contributed by atoms with E-state index in [4.69, 9.17) is 5.73 Å². The highest BCUT2D eigenvalue weighted by Gasteiger charge is 2.24. The summed E-state index contributed by atoms with van der Waals surface area (Å²) in [5.74, 6) is -1.79. The number of nitrogens with one attached hydrogen (secondary N) is 1. The summed E-state index contributed by atoms with van der Waals surface area (Å²) in [7, 11) is 0. The van der Waals surface area contributed by atoms with E-state index in [0.29, 0.717) is 0 Å². The molecule has 1 aromatic rings. The molecule has 0 unspecified atom stereocenters. The van der Waals surface area contributed by atoms with Crippen LogP contribution < -0.4 is 11.1 Å². The highest BCUT2D eigenvalue weighted by atomic mass is 19.1. The van der Waals surface area contributed by atoms with E-state index < -0.39 is 29.8 Å². The van der Waals surface area contributed by atoms with Crippen LogP contribution in [0.2, 0.25) is 0 Å². The number of aliphatic hydroxyl groups excluding tert-OH is 1. The highest BCUT2D eigenvalue weighted by Crippen LogP contribution is 2.10. The second kappa shape index (κ2) is 7.73. The van der Waals surface area contributed by atoms with Crippen molar-refractivity contribution in [3.63, 3.8) is 0 Å². The lowest BCUT2D eigenvalue weighted by molar-refractivity contribution is -0.133. The van der Waals surface area contributed by atoms with Crippen molar-refractivity contribution < 1.29 is 19.1 Å². The molecule has 0 aliphatic carbocycles. The predicted octanol–water partition coefficient (Wildman–Crippen LogP) is 0.745. The monoisotopic (exact) mass is 296 g/mol. The van der Waals surface area contributed by atoms with Crippen LogP contribution in [-0.2, 0) is 16.0 Å². The first-order chi connectivity index (χ1) is 9.81. The van der Waals surface area contributed by atoms with Crippen molar-refractivity contribution in [1.82, 2.24) is 5.32 Å². The summed E-state index contributed by atoms with van der Waals surface area (Å²) in [5, 5.41) is 12.1. The van der Waals surface area contributed by atoms with E-state index >= 15 is 0 Å². The average molecular weight is 296 g/mol. The molecule has 0 bridgehead atoms. The Labute approximate surface area is 123 Å². The number of hydrogen-bond donors (Lipinski definition) is 3. The van der Waals surface area contributed by atoms with Gasteiger partial charge in [-0.25, -0.2) is 4.39 Å². The molecule has 0 fully saturated rings. The minimum absolute atomic E-state index is 0.0534. The van der Waals surface area contributed by atoms with Gasteiger partial charge in [-0.15, -0.1) is 0 Å². The molecular weight excluding hydrogens is 275 g/mol. The zero-order valence-electron chi connectivity index (χ0n) is 12.2. The van der Waals surface area contributed by atoms with Crippen LogP contribution in [0.4, 0.5) is 4.39 Å². The Morgan fingerprint density at radius 1 is 1.33 bits per heavy atom. The van der Waals surface area contributed by atoms with Gasteiger partial charge in [0.1, 0.15) is 18.0 Å². The molecule has 1 rings (SSSR count). The molecule has 116 valence electrons. The maximum atomic E-state index is 13.6. The zero-order chi connectivity index (χ0) is 16.0. The SMILES string of the molecule is CC(C)C[C@@H](O)C(=O)N[C@@H](Cc1ccccc1F)C(N)=O. The molecule has 6 heteroatoms. The van der Waals surface area contributed by atoms with E-state index in [9.17, 15) is 19.1 Å². The van der Waals surface area contributed by atoms with Crippen molar-refractivity contribution in [2.24, 2.45) is 11.7 Å². The smallest absolute Gasteiger partial charge is 0.249 e. The highest BCUT2D eigenvalue weighted by molar-refractivity contribution is 5.88. The summed E-state index contributed by atoms with van der Waals surface area (Å²) in [6.07, 6.45) is -0.994. The lowest BCUT2D eigenvalue weighted by Gasteiger charge is -2.19.